The van der Waals surface area contributed by atoms with Gasteiger partial charge in [-0.25, -0.2) is 4.39 Å². The maximum atomic E-state index is 13.9. The van der Waals surface area contributed by atoms with Crippen molar-refractivity contribution in [3.05, 3.63) is 34.1 Å². The molecule has 1 aromatic carbocycles. The molecule has 0 saturated heterocycles. The standard InChI is InChI=1S/C13H19BrFNO/c1-3-17-9-5-8-12(16-2)10-6-4-7-11(14)13(10)15/h4,6-7,12,16H,3,5,8-9H2,1-2H3. The molecule has 1 unspecified atom stereocenters. The molecule has 0 amide bonds. The molecular formula is C13H19BrFNO. The largest absolute Gasteiger partial charge is 0.382 e. The quantitative estimate of drug-likeness (QED) is 0.776. The van der Waals surface area contributed by atoms with Gasteiger partial charge in [0.2, 0.25) is 0 Å². The SMILES string of the molecule is CCOCCCC(NC)c1cccc(Br)c1F. The summed E-state index contributed by atoms with van der Waals surface area (Å²) in [5.74, 6) is -0.178. The first kappa shape index (κ1) is 14.6. The van der Waals surface area contributed by atoms with Gasteiger partial charge in [0.05, 0.1) is 4.47 Å². The van der Waals surface area contributed by atoms with Crippen LogP contribution in [0.1, 0.15) is 31.4 Å². The second-order valence-electron chi connectivity index (χ2n) is 3.82. The maximum absolute atomic E-state index is 13.9. The van der Waals surface area contributed by atoms with Gasteiger partial charge in [0.15, 0.2) is 0 Å². The summed E-state index contributed by atoms with van der Waals surface area (Å²) in [6, 6.07) is 5.43. The van der Waals surface area contributed by atoms with Crippen molar-refractivity contribution < 1.29 is 9.13 Å². The smallest absolute Gasteiger partial charge is 0.142 e. The molecule has 4 heteroatoms. The molecular weight excluding hydrogens is 285 g/mol. The molecule has 1 rings (SSSR count). The molecule has 0 aromatic heterocycles. The molecule has 0 spiro atoms. The van der Waals surface area contributed by atoms with Crippen molar-refractivity contribution >= 4 is 15.9 Å². The number of halogens is 2. The monoisotopic (exact) mass is 303 g/mol. The zero-order chi connectivity index (χ0) is 12.7. The van der Waals surface area contributed by atoms with Gasteiger partial charge in [-0.1, -0.05) is 12.1 Å². The van der Waals surface area contributed by atoms with Crippen molar-refractivity contribution in [1.29, 1.82) is 0 Å². The normalized spacial score (nSPS) is 12.7. The van der Waals surface area contributed by atoms with E-state index >= 15 is 0 Å². The molecule has 17 heavy (non-hydrogen) atoms. The van der Waals surface area contributed by atoms with E-state index in [4.69, 9.17) is 4.74 Å². The summed E-state index contributed by atoms with van der Waals surface area (Å²) in [4.78, 5) is 0. The van der Waals surface area contributed by atoms with Crippen LogP contribution in [0, 0.1) is 5.82 Å². The summed E-state index contributed by atoms with van der Waals surface area (Å²) in [7, 11) is 1.85. The number of hydrogen-bond donors (Lipinski definition) is 1. The van der Waals surface area contributed by atoms with Crippen LogP contribution in [0.4, 0.5) is 4.39 Å². The Balaban J connectivity index is 2.63. The van der Waals surface area contributed by atoms with Crippen LogP contribution < -0.4 is 5.32 Å². The minimum Gasteiger partial charge on any atom is -0.382 e. The summed E-state index contributed by atoms with van der Waals surface area (Å²) < 4.78 is 19.7. The van der Waals surface area contributed by atoms with Crippen molar-refractivity contribution in [2.24, 2.45) is 0 Å². The van der Waals surface area contributed by atoms with Gasteiger partial charge >= 0.3 is 0 Å². The molecule has 0 heterocycles. The van der Waals surface area contributed by atoms with Crippen LogP contribution in [0.3, 0.4) is 0 Å². The van der Waals surface area contributed by atoms with E-state index in [1.165, 1.54) is 0 Å². The van der Waals surface area contributed by atoms with E-state index in [-0.39, 0.29) is 11.9 Å². The second-order valence-corrected chi connectivity index (χ2v) is 4.68. The molecule has 0 radical (unpaired) electrons. The average molecular weight is 304 g/mol. The van der Waals surface area contributed by atoms with Crippen LogP contribution in [0.15, 0.2) is 22.7 Å². The molecule has 0 saturated carbocycles. The highest BCUT2D eigenvalue weighted by Crippen LogP contribution is 2.26. The van der Waals surface area contributed by atoms with E-state index in [1.54, 1.807) is 6.07 Å². The highest BCUT2D eigenvalue weighted by molar-refractivity contribution is 9.10. The minimum absolute atomic E-state index is 0.0351. The van der Waals surface area contributed by atoms with Crippen molar-refractivity contribution in [2.45, 2.75) is 25.8 Å². The Kier molecular flexibility index (Phi) is 6.70. The molecule has 0 fully saturated rings. The van der Waals surface area contributed by atoms with Crippen LogP contribution in [0.5, 0.6) is 0 Å². The Labute approximate surface area is 111 Å². The number of rotatable bonds is 7. The number of hydrogen-bond acceptors (Lipinski definition) is 2. The van der Waals surface area contributed by atoms with Crippen molar-refractivity contribution in [3.63, 3.8) is 0 Å². The van der Waals surface area contributed by atoms with E-state index in [0.29, 0.717) is 10.0 Å². The molecule has 96 valence electrons. The summed E-state index contributed by atoms with van der Waals surface area (Å²) in [5, 5.41) is 3.15. The molecule has 1 atom stereocenters. The lowest BCUT2D eigenvalue weighted by atomic mass is 10.0. The zero-order valence-corrected chi connectivity index (χ0v) is 11.9. The lowest BCUT2D eigenvalue weighted by Crippen LogP contribution is -2.18. The van der Waals surface area contributed by atoms with Gasteiger partial charge in [-0.3, -0.25) is 0 Å². The first-order valence-electron chi connectivity index (χ1n) is 5.89. The Morgan fingerprint density at radius 2 is 2.24 bits per heavy atom. The molecule has 1 aromatic rings. The third-order valence-corrected chi connectivity index (χ3v) is 3.30. The van der Waals surface area contributed by atoms with E-state index in [0.717, 1.165) is 26.1 Å². The minimum atomic E-state index is -0.178. The Bertz CT molecular complexity index is 346. The Hall–Kier alpha value is -0.450. The highest BCUT2D eigenvalue weighted by atomic mass is 79.9. The van der Waals surface area contributed by atoms with Crippen LogP contribution in [0.25, 0.3) is 0 Å². The van der Waals surface area contributed by atoms with Crippen LogP contribution in [-0.2, 0) is 4.74 Å². The van der Waals surface area contributed by atoms with Gasteiger partial charge < -0.3 is 10.1 Å². The number of benzene rings is 1. The van der Waals surface area contributed by atoms with E-state index in [2.05, 4.69) is 21.2 Å². The lowest BCUT2D eigenvalue weighted by Gasteiger charge is -2.17. The predicted molar refractivity (Wildman–Crippen MR) is 71.6 cm³/mol. The average Bonchev–Trinajstić information content (AvgIpc) is 2.34. The van der Waals surface area contributed by atoms with Gasteiger partial charge in [0.25, 0.3) is 0 Å². The fourth-order valence-corrected chi connectivity index (χ4v) is 2.16. The van der Waals surface area contributed by atoms with E-state index in [1.807, 2.05) is 26.1 Å². The number of nitrogens with one attached hydrogen (secondary N) is 1. The fourth-order valence-electron chi connectivity index (χ4n) is 1.78. The molecule has 1 N–H and O–H groups in total. The van der Waals surface area contributed by atoms with Gasteiger partial charge in [-0.15, -0.1) is 0 Å². The highest BCUT2D eigenvalue weighted by Gasteiger charge is 2.15. The predicted octanol–water partition coefficient (Wildman–Crippen LogP) is 3.67. The molecule has 0 aliphatic heterocycles. The molecule has 0 aliphatic rings. The van der Waals surface area contributed by atoms with E-state index < -0.39 is 0 Å². The third kappa shape index (κ3) is 4.37. The topological polar surface area (TPSA) is 21.3 Å². The van der Waals surface area contributed by atoms with Crippen LogP contribution >= 0.6 is 15.9 Å². The first-order chi connectivity index (χ1) is 8.20. The summed E-state index contributed by atoms with van der Waals surface area (Å²) in [6.45, 7) is 3.43. The van der Waals surface area contributed by atoms with Crippen molar-refractivity contribution in [2.75, 3.05) is 20.3 Å². The number of ether oxygens (including phenoxy) is 1. The Morgan fingerprint density at radius 1 is 1.47 bits per heavy atom. The summed E-state index contributed by atoms with van der Waals surface area (Å²) >= 11 is 3.21. The van der Waals surface area contributed by atoms with Gasteiger partial charge in [-0.05, 0) is 48.8 Å². The van der Waals surface area contributed by atoms with Gasteiger partial charge in [0.1, 0.15) is 5.82 Å². The van der Waals surface area contributed by atoms with E-state index in [9.17, 15) is 4.39 Å². The maximum Gasteiger partial charge on any atom is 0.142 e. The van der Waals surface area contributed by atoms with Crippen LogP contribution in [0.2, 0.25) is 0 Å². The van der Waals surface area contributed by atoms with Gasteiger partial charge in [-0.2, -0.15) is 0 Å². The summed E-state index contributed by atoms with van der Waals surface area (Å²) in [5.41, 5.74) is 0.707. The fraction of sp³-hybridized carbons (Fsp3) is 0.538. The van der Waals surface area contributed by atoms with Crippen molar-refractivity contribution in [3.8, 4) is 0 Å². The second kappa shape index (κ2) is 7.80. The molecule has 2 nitrogen and oxygen atoms in total. The zero-order valence-electron chi connectivity index (χ0n) is 10.3. The molecule has 0 aliphatic carbocycles. The van der Waals surface area contributed by atoms with Crippen LogP contribution in [-0.4, -0.2) is 20.3 Å². The summed E-state index contributed by atoms with van der Waals surface area (Å²) in [6.07, 6.45) is 1.79. The molecule has 0 bridgehead atoms. The first-order valence-corrected chi connectivity index (χ1v) is 6.69. The lowest BCUT2D eigenvalue weighted by molar-refractivity contribution is 0.141. The van der Waals surface area contributed by atoms with Gasteiger partial charge in [0, 0.05) is 24.8 Å². The van der Waals surface area contributed by atoms with Crippen molar-refractivity contribution in [1.82, 2.24) is 5.32 Å². The Morgan fingerprint density at radius 3 is 2.88 bits per heavy atom. The third-order valence-electron chi connectivity index (χ3n) is 2.69.